The second kappa shape index (κ2) is 11.1. The van der Waals surface area contributed by atoms with Crippen molar-refractivity contribution in [2.75, 3.05) is 31.7 Å². The Hall–Kier alpha value is -3.83. The minimum atomic E-state index is -4.51. The lowest BCUT2D eigenvalue weighted by molar-refractivity contribution is -0.138. The number of hydrogen-bond acceptors (Lipinski definition) is 6. The van der Waals surface area contributed by atoms with Gasteiger partial charge in [0.2, 0.25) is 5.95 Å². The van der Waals surface area contributed by atoms with E-state index in [2.05, 4.69) is 20.0 Å². The van der Waals surface area contributed by atoms with Gasteiger partial charge in [0, 0.05) is 31.0 Å². The maximum atomic E-state index is 14.7. The van der Waals surface area contributed by atoms with E-state index in [0.717, 1.165) is 24.5 Å². The van der Waals surface area contributed by atoms with E-state index in [9.17, 15) is 26.3 Å². The van der Waals surface area contributed by atoms with Crippen LogP contribution in [0.25, 0.3) is 11.1 Å². The van der Waals surface area contributed by atoms with Crippen LogP contribution in [0.3, 0.4) is 0 Å². The molecule has 0 bridgehead atoms. The first-order valence-electron chi connectivity index (χ1n) is 11.3. The van der Waals surface area contributed by atoms with Crippen molar-refractivity contribution in [3.05, 3.63) is 71.3 Å². The molecule has 0 amide bonds. The molecule has 1 aromatic heterocycles. The summed E-state index contributed by atoms with van der Waals surface area (Å²) < 4.78 is 87.4. The van der Waals surface area contributed by atoms with Crippen LogP contribution in [0.5, 0.6) is 5.75 Å². The van der Waals surface area contributed by atoms with Gasteiger partial charge >= 0.3 is 6.18 Å². The SMILES string of the molecule is CO/N=C/c1ccc(-c2cc(F)c(OCC3CCN(c4ncc(C(F)(F)F)cn4)CC3)c(F)c2)c(F)c1. The number of halogens is 6. The van der Waals surface area contributed by atoms with Gasteiger partial charge in [0.1, 0.15) is 12.9 Å². The molecule has 0 radical (unpaired) electrons. The van der Waals surface area contributed by atoms with Gasteiger partial charge in [0.25, 0.3) is 0 Å². The lowest BCUT2D eigenvalue weighted by atomic mass is 9.98. The fraction of sp³-hybridized carbons (Fsp3) is 0.320. The summed E-state index contributed by atoms with van der Waals surface area (Å²) in [5.41, 5.74) is -0.484. The third-order valence-corrected chi connectivity index (χ3v) is 5.94. The third kappa shape index (κ3) is 6.30. The molecule has 0 saturated carbocycles. The van der Waals surface area contributed by atoms with Crippen LogP contribution < -0.4 is 9.64 Å². The van der Waals surface area contributed by atoms with Gasteiger partial charge in [0.05, 0.1) is 18.4 Å². The molecule has 37 heavy (non-hydrogen) atoms. The molecule has 0 N–H and O–H groups in total. The molecular formula is C25H22F6N4O2. The molecule has 12 heteroatoms. The largest absolute Gasteiger partial charge is 0.487 e. The molecule has 0 unspecified atom stereocenters. The zero-order chi connectivity index (χ0) is 26.6. The fourth-order valence-electron chi connectivity index (χ4n) is 3.94. The van der Waals surface area contributed by atoms with E-state index in [1.165, 1.54) is 31.5 Å². The number of hydrogen-bond donors (Lipinski definition) is 0. The second-order valence-corrected chi connectivity index (χ2v) is 8.44. The predicted octanol–water partition coefficient (Wildman–Crippen LogP) is 5.86. The highest BCUT2D eigenvalue weighted by molar-refractivity contribution is 5.80. The number of oxime groups is 1. The summed E-state index contributed by atoms with van der Waals surface area (Å²) in [6.45, 7) is 0.943. The standard InChI is InChI=1S/C25H22F6N4O2/c1-36-34-11-16-2-3-19(20(26)8-16)17-9-21(27)23(22(28)10-17)37-14-15-4-6-35(7-5-15)24-32-12-18(13-33-24)25(29,30)31/h2-3,8-13,15H,4-7,14H2,1H3/b34-11+. The third-order valence-electron chi connectivity index (χ3n) is 5.94. The van der Waals surface area contributed by atoms with Gasteiger partial charge in [-0.25, -0.2) is 23.1 Å². The van der Waals surface area contributed by atoms with E-state index in [4.69, 9.17) is 4.74 Å². The van der Waals surface area contributed by atoms with Crippen molar-refractivity contribution >= 4 is 12.2 Å². The first-order chi connectivity index (χ1) is 17.7. The van der Waals surface area contributed by atoms with Crippen molar-refractivity contribution < 1.29 is 35.9 Å². The van der Waals surface area contributed by atoms with Crippen LogP contribution in [0.1, 0.15) is 24.0 Å². The van der Waals surface area contributed by atoms with Gasteiger partial charge in [-0.2, -0.15) is 13.2 Å². The Morgan fingerprint density at radius 3 is 2.22 bits per heavy atom. The van der Waals surface area contributed by atoms with Crippen LogP contribution >= 0.6 is 0 Å². The highest BCUT2D eigenvalue weighted by atomic mass is 19.4. The highest BCUT2D eigenvalue weighted by Crippen LogP contribution is 2.32. The Bertz CT molecular complexity index is 1240. The number of piperidine rings is 1. The van der Waals surface area contributed by atoms with Crippen molar-refractivity contribution in [1.29, 1.82) is 0 Å². The van der Waals surface area contributed by atoms with Crippen molar-refractivity contribution in [3.63, 3.8) is 0 Å². The van der Waals surface area contributed by atoms with E-state index in [-0.39, 0.29) is 29.6 Å². The Labute approximate surface area is 208 Å². The maximum Gasteiger partial charge on any atom is 0.419 e. The van der Waals surface area contributed by atoms with Crippen molar-refractivity contribution in [3.8, 4) is 16.9 Å². The van der Waals surface area contributed by atoms with Gasteiger partial charge in [-0.1, -0.05) is 17.3 Å². The normalized spacial score (nSPS) is 14.8. The summed E-state index contributed by atoms with van der Waals surface area (Å²) in [6, 6.07) is 6.09. The average Bonchev–Trinajstić information content (AvgIpc) is 2.87. The molecule has 2 heterocycles. The molecule has 3 aromatic rings. The van der Waals surface area contributed by atoms with Gasteiger partial charge in [0.15, 0.2) is 17.4 Å². The minimum absolute atomic E-state index is 0.0109. The molecule has 1 fully saturated rings. The number of rotatable bonds is 7. The van der Waals surface area contributed by atoms with Crippen LogP contribution in [-0.4, -0.2) is 43.0 Å². The quantitative estimate of drug-likeness (QED) is 0.220. The van der Waals surface area contributed by atoms with Gasteiger partial charge in [-0.3, -0.25) is 0 Å². The summed E-state index contributed by atoms with van der Waals surface area (Å²) in [6.07, 6.45) is -0.605. The molecule has 0 atom stereocenters. The fourth-order valence-corrected chi connectivity index (χ4v) is 3.94. The minimum Gasteiger partial charge on any atom is -0.487 e. The summed E-state index contributed by atoms with van der Waals surface area (Å²) in [4.78, 5) is 13.9. The Morgan fingerprint density at radius 1 is 1.00 bits per heavy atom. The number of benzene rings is 2. The first-order valence-corrected chi connectivity index (χ1v) is 11.3. The summed E-state index contributed by atoms with van der Waals surface area (Å²) in [5.74, 6) is -3.02. The van der Waals surface area contributed by atoms with Gasteiger partial charge in [-0.15, -0.1) is 0 Å². The summed E-state index contributed by atoms with van der Waals surface area (Å²) in [5, 5.41) is 3.54. The maximum absolute atomic E-state index is 14.7. The Balaban J connectivity index is 1.36. The van der Waals surface area contributed by atoms with E-state index >= 15 is 0 Å². The van der Waals surface area contributed by atoms with Crippen molar-refractivity contribution in [1.82, 2.24) is 9.97 Å². The molecule has 2 aromatic carbocycles. The molecule has 196 valence electrons. The van der Waals surface area contributed by atoms with Crippen molar-refractivity contribution in [2.24, 2.45) is 11.1 Å². The van der Waals surface area contributed by atoms with Crippen LogP contribution in [0.2, 0.25) is 0 Å². The van der Waals surface area contributed by atoms with Crippen molar-refractivity contribution in [2.45, 2.75) is 19.0 Å². The monoisotopic (exact) mass is 524 g/mol. The molecular weight excluding hydrogens is 502 g/mol. The molecule has 0 spiro atoms. The zero-order valence-electron chi connectivity index (χ0n) is 19.6. The number of aromatic nitrogens is 2. The second-order valence-electron chi connectivity index (χ2n) is 8.44. The number of anilines is 1. The van der Waals surface area contributed by atoms with Crippen LogP contribution in [0, 0.1) is 23.4 Å². The van der Waals surface area contributed by atoms with Gasteiger partial charge < -0.3 is 14.5 Å². The van der Waals surface area contributed by atoms with Crippen LogP contribution in [0.15, 0.2) is 47.9 Å². The predicted molar refractivity (Wildman–Crippen MR) is 124 cm³/mol. The molecule has 1 aliphatic rings. The Kier molecular flexibility index (Phi) is 7.84. The number of alkyl halides is 3. The Morgan fingerprint density at radius 2 is 1.65 bits per heavy atom. The molecule has 1 saturated heterocycles. The van der Waals surface area contributed by atoms with Crippen LogP contribution in [0.4, 0.5) is 32.3 Å². The van der Waals surface area contributed by atoms with E-state index < -0.39 is 34.9 Å². The average molecular weight is 524 g/mol. The van der Waals surface area contributed by atoms with E-state index in [1.54, 1.807) is 4.90 Å². The number of nitrogens with zero attached hydrogens (tertiary/aromatic N) is 4. The zero-order valence-corrected chi connectivity index (χ0v) is 19.6. The first kappa shape index (κ1) is 26.2. The molecule has 4 rings (SSSR count). The highest BCUT2D eigenvalue weighted by Gasteiger charge is 2.32. The molecule has 0 aliphatic carbocycles. The van der Waals surface area contributed by atoms with Crippen LogP contribution in [-0.2, 0) is 11.0 Å². The topological polar surface area (TPSA) is 59.8 Å². The molecule has 1 aliphatic heterocycles. The number of ether oxygens (including phenoxy) is 1. The van der Waals surface area contributed by atoms with E-state index in [1.807, 2.05) is 0 Å². The summed E-state index contributed by atoms with van der Waals surface area (Å²) >= 11 is 0. The smallest absolute Gasteiger partial charge is 0.419 e. The lowest BCUT2D eigenvalue weighted by Gasteiger charge is -2.31. The summed E-state index contributed by atoms with van der Waals surface area (Å²) in [7, 11) is 1.34. The lowest BCUT2D eigenvalue weighted by Crippen LogP contribution is -2.36. The molecule has 6 nitrogen and oxygen atoms in total. The van der Waals surface area contributed by atoms with E-state index in [0.29, 0.717) is 31.5 Å². The van der Waals surface area contributed by atoms with Gasteiger partial charge in [-0.05, 0) is 48.1 Å².